The van der Waals surface area contributed by atoms with E-state index in [0.29, 0.717) is 11.1 Å². The van der Waals surface area contributed by atoms with Gasteiger partial charge in [0.2, 0.25) is 0 Å². The number of carbonyl (C=O) groups is 1. The minimum Gasteiger partial charge on any atom is -0.392 e. The van der Waals surface area contributed by atoms with Gasteiger partial charge in [-0.2, -0.15) is 0 Å². The normalized spacial score (nSPS) is 10.1. The van der Waals surface area contributed by atoms with Crippen LogP contribution in [0.3, 0.4) is 0 Å². The van der Waals surface area contributed by atoms with E-state index < -0.39 is 0 Å². The highest BCUT2D eigenvalue weighted by Crippen LogP contribution is 2.09. The smallest absolute Gasteiger partial charge is 0.196 e. The Labute approximate surface area is 92.6 Å². The van der Waals surface area contributed by atoms with Crippen LogP contribution in [0.2, 0.25) is 0 Å². The summed E-state index contributed by atoms with van der Waals surface area (Å²) in [6.07, 6.45) is 4.34. The van der Waals surface area contributed by atoms with Crippen LogP contribution in [0.15, 0.2) is 43.0 Å². The number of hydrogen-bond donors (Lipinski definition) is 1. The van der Waals surface area contributed by atoms with Crippen LogP contribution in [0.1, 0.15) is 21.5 Å². The summed E-state index contributed by atoms with van der Waals surface area (Å²) in [5.41, 5.74) is 1.80. The molecule has 0 radical (unpaired) electrons. The van der Waals surface area contributed by atoms with Crippen molar-refractivity contribution in [2.45, 2.75) is 6.61 Å². The molecule has 0 bridgehead atoms. The monoisotopic (exact) mass is 214 g/mol. The molecule has 0 saturated heterocycles. The van der Waals surface area contributed by atoms with Gasteiger partial charge in [0.1, 0.15) is 6.33 Å². The zero-order valence-electron chi connectivity index (χ0n) is 8.50. The number of aromatic nitrogens is 2. The summed E-state index contributed by atoms with van der Waals surface area (Å²) in [5, 5.41) is 8.88. The molecule has 0 fully saturated rings. The second-order valence-corrected chi connectivity index (χ2v) is 3.31. The van der Waals surface area contributed by atoms with Gasteiger partial charge in [0.15, 0.2) is 5.78 Å². The third-order valence-corrected chi connectivity index (χ3v) is 2.22. The number of hydrogen-bond acceptors (Lipinski definition) is 4. The van der Waals surface area contributed by atoms with Gasteiger partial charge in [-0.1, -0.05) is 24.3 Å². The van der Waals surface area contributed by atoms with Gasteiger partial charge in [-0.15, -0.1) is 0 Å². The van der Waals surface area contributed by atoms with Crippen LogP contribution in [0.5, 0.6) is 0 Å². The number of aliphatic hydroxyl groups is 1. The minimum atomic E-state index is -0.120. The molecule has 4 nitrogen and oxygen atoms in total. The first-order valence-corrected chi connectivity index (χ1v) is 4.81. The van der Waals surface area contributed by atoms with E-state index in [0.717, 1.165) is 5.56 Å². The van der Waals surface area contributed by atoms with Crippen molar-refractivity contribution in [3.63, 3.8) is 0 Å². The Hall–Kier alpha value is -2.07. The molecule has 0 aliphatic carbocycles. The number of carbonyl (C=O) groups excluding carboxylic acids is 1. The van der Waals surface area contributed by atoms with Crippen LogP contribution >= 0.6 is 0 Å². The fourth-order valence-electron chi connectivity index (χ4n) is 1.34. The van der Waals surface area contributed by atoms with Crippen LogP contribution in [0.4, 0.5) is 0 Å². The predicted molar refractivity (Wildman–Crippen MR) is 57.8 cm³/mol. The number of ketones is 1. The van der Waals surface area contributed by atoms with Crippen molar-refractivity contribution in [2.75, 3.05) is 0 Å². The van der Waals surface area contributed by atoms with E-state index in [9.17, 15) is 4.79 Å². The van der Waals surface area contributed by atoms with E-state index in [2.05, 4.69) is 9.97 Å². The molecule has 0 saturated carbocycles. The van der Waals surface area contributed by atoms with Crippen molar-refractivity contribution in [2.24, 2.45) is 0 Å². The van der Waals surface area contributed by atoms with E-state index in [1.165, 1.54) is 18.7 Å². The fraction of sp³-hybridized carbons (Fsp3) is 0.0833. The molecule has 0 atom stereocenters. The van der Waals surface area contributed by atoms with Gasteiger partial charge in [-0.3, -0.25) is 4.79 Å². The van der Waals surface area contributed by atoms with Crippen LogP contribution in [0, 0.1) is 0 Å². The van der Waals surface area contributed by atoms with Crippen molar-refractivity contribution >= 4 is 5.78 Å². The number of benzene rings is 1. The molecular formula is C12H10N2O2. The minimum absolute atomic E-state index is 0.0249. The standard InChI is InChI=1S/C12H10N2O2/c15-7-9-1-3-10(4-2-9)12(16)11-5-13-8-14-6-11/h1-6,8,15H,7H2. The first-order chi connectivity index (χ1) is 7.81. The van der Waals surface area contributed by atoms with Crippen molar-refractivity contribution in [3.05, 3.63) is 59.7 Å². The molecule has 1 aromatic carbocycles. The zero-order valence-corrected chi connectivity index (χ0v) is 8.50. The molecular weight excluding hydrogens is 204 g/mol. The highest BCUT2D eigenvalue weighted by molar-refractivity contribution is 6.08. The zero-order chi connectivity index (χ0) is 11.4. The Morgan fingerprint density at radius 1 is 1.06 bits per heavy atom. The summed E-state index contributed by atoms with van der Waals surface area (Å²) in [7, 11) is 0. The van der Waals surface area contributed by atoms with E-state index in [4.69, 9.17) is 5.11 Å². The lowest BCUT2D eigenvalue weighted by atomic mass is 10.0. The van der Waals surface area contributed by atoms with Crippen molar-refractivity contribution in [3.8, 4) is 0 Å². The van der Waals surface area contributed by atoms with Gasteiger partial charge in [0.05, 0.1) is 12.2 Å². The van der Waals surface area contributed by atoms with E-state index in [1.807, 2.05) is 0 Å². The Morgan fingerprint density at radius 2 is 1.69 bits per heavy atom. The maximum absolute atomic E-state index is 11.9. The van der Waals surface area contributed by atoms with Gasteiger partial charge in [0.25, 0.3) is 0 Å². The average molecular weight is 214 g/mol. The molecule has 80 valence electrons. The highest BCUT2D eigenvalue weighted by Gasteiger charge is 2.08. The van der Waals surface area contributed by atoms with Crippen LogP contribution < -0.4 is 0 Å². The molecule has 0 aliphatic heterocycles. The molecule has 4 heteroatoms. The second kappa shape index (κ2) is 4.63. The summed E-state index contributed by atoms with van der Waals surface area (Å²) >= 11 is 0. The first kappa shape index (κ1) is 10.4. The highest BCUT2D eigenvalue weighted by atomic mass is 16.3. The summed E-state index contributed by atoms with van der Waals surface area (Å²) in [4.78, 5) is 19.5. The number of aliphatic hydroxyl groups excluding tert-OH is 1. The molecule has 0 amide bonds. The van der Waals surface area contributed by atoms with Gasteiger partial charge in [-0.25, -0.2) is 9.97 Å². The fourth-order valence-corrected chi connectivity index (χ4v) is 1.34. The van der Waals surface area contributed by atoms with Gasteiger partial charge >= 0.3 is 0 Å². The number of rotatable bonds is 3. The maximum atomic E-state index is 11.9. The van der Waals surface area contributed by atoms with Crippen LogP contribution in [0.25, 0.3) is 0 Å². The summed E-state index contributed by atoms with van der Waals surface area (Å²) in [6, 6.07) is 6.80. The Bertz CT molecular complexity index is 480. The average Bonchev–Trinajstić information content (AvgIpc) is 2.39. The first-order valence-electron chi connectivity index (χ1n) is 4.81. The molecule has 2 aromatic rings. The quantitative estimate of drug-likeness (QED) is 0.780. The van der Waals surface area contributed by atoms with Crippen LogP contribution in [-0.4, -0.2) is 20.9 Å². The second-order valence-electron chi connectivity index (χ2n) is 3.31. The molecule has 2 rings (SSSR count). The SMILES string of the molecule is O=C(c1ccc(CO)cc1)c1cncnc1. The lowest BCUT2D eigenvalue weighted by molar-refractivity contribution is 0.103. The summed E-state index contributed by atoms with van der Waals surface area (Å²) in [5.74, 6) is -0.120. The van der Waals surface area contributed by atoms with E-state index in [1.54, 1.807) is 24.3 Å². The van der Waals surface area contributed by atoms with Gasteiger partial charge < -0.3 is 5.11 Å². The Kier molecular flexibility index (Phi) is 3.03. The topological polar surface area (TPSA) is 63.1 Å². The van der Waals surface area contributed by atoms with Crippen LogP contribution in [-0.2, 0) is 6.61 Å². The third kappa shape index (κ3) is 2.12. The van der Waals surface area contributed by atoms with Gasteiger partial charge in [0, 0.05) is 18.0 Å². The molecule has 1 N–H and O–H groups in total. The largest absolute Gasteiger partial charge is 0.392 e. The lowest BCUT2D eigenvalue weighted by Crippen LogP contribution is -2.02. The molecule has 0 unspecified atom stereocenters. The summed E-state index contributed by atoms with van der Waals surface area (Å²) < 4.78 is 0. The Morgan fingerprint density at radius 3 is 2.25 bits per heavy atom. The van der Waals surface area contributed by atoms with Crippen molar-refractivity contribution in [1.82, 2.24) is 9.97 Å². The summed E-state index contributed by atoms with van der Waals surface area (Å²) in [6.45, 7) is -0.0249. The lowest BCUT2D eigenvalue weighted by Gasteiger charge is -2.01. The molecule has 1 aromatic heterocycles. The Balaban J connectivity index is 2.28. The van der Waals surface area contributed by atoms with E-state index >= 15 is 0 Å². The predicted octanol–water partition coefficient (Wildman–Crippen LogP) is 1.20. The third-order valence-electron chi connectivity index (χ3n) is 2.22. The molecule has 0 aliphatic rings. The molecule has 16 heavy (non-hydrogen) atoms. The van der Waals surface area contributed by atoms with E-state index in [-0.39, 0.29) is 12.4 Å². The van der Waals surface area contributed by atoms with Gasteiger partial charge in [-0.05, 0) is 5.56 Å². The maximum Gasteiger partial charge on any atom is 0.196 e. The molecule has 0 spiro atoms. The number of nitrogens with zero attached hydrogens (tertiary/aromatic N) is 2. The molecule has 1 heterocycles. The van der Waals surface area contributed by atoms with Crippen molar-refractivity contribution < 1.29 is 9.90 Å². The van der Waals surface area contributed by atoms with Crippen molar-refractivity contribution in [1.29, 1.82) is 0 Å².